The summed E-state index contributed by atoms with van der Waals surface area (Å²) < 4.78 is 0. The molecule has 9 heteroatoms. The van der Waals surface area contributed by atoms with E-state index in [-0.39, 0.29) is 18.8 Å². The summed E-state index contributed by atoms with van der Waals surface area (Å²) in [7, 11) is 0. The normalized spacial score (nSPS) is 23.5. The zero-order chi connectivity index (χ0) is 26.5. The van der Waals surface area contributed by atoms with Gasteiger partial charge in [0, 0.05) is 29.9 Å². The molecule has 4 atom stereocenters. The van der Waals surface area contributed by atoms with Crippen molar-refractivity contribution in [2.45, 2.75) is 57.8 Å². The molecule has 0 aliphatic carbocycles. The van der Waals surface area contributed by atoms with E-state index in [9.17, 15) is 19.2 Å². The van der Waals surface area contributed by atoms with Crippen molar-refractivity contribution in [3.05, 3.63) is 71.9 Å². The standard InChI is InChI=1S/C28H33N5O4/c1-16(2)24-28(37)32-22(13-18-9-5-4-6-10-18)27(36)31-23(26(35)30-17(3)25(34)33-24)14-19-15-29-21-12-8-7-11-20(19)21/h4-12,15-17,22-24,29H,13-14H2,1-3H3,(H,30,35)(H,31,36)(H,32,37)(H,33,34)/t17-,22-,23-,24-/m0/s1. The van der Waals surface area contributed by atoms with Crippen LogP contribution in [0.15, 0.2) is 60.8 Å². The van der Waals surface area contributed by atoms with Gasteiger partial charge >= 0.3 is 0 Å². The lowest BCUT2D eigenvalue weighted by Crippen LogP contribution is -2.62. The van der Waals surface area contributed by atoms with Crippen molar-refractivity contribution in [3.8, 4) is 0 Å². The molecule has 4 amide bonds. The van der Waals surface area contributed by atoms with Crippen LogP contribution in [-0.4, -0.2) is 52.8 Å². The molecule has 0 spiro atoms. The fourth-order valence-corrected chi connectivity index (χ4v) is 4.52. The molecule has 1 aromatic heterocycles. The maximum Gasteiger partial charge on any atom is 0.243 e. The zero-order valence-corrected chi connectivity index (χ0v) is 21.2. The summed E-state index contributed by atoms with van der Waals surface area (Å²) >= 11 is 0. The average molecular weight is 504 g/mol. The van der Waals surface area contributed by atoms with Crippen LogP contribution in [0.1, 0.15) is 31.9 Å². The number of aromatic amines is 1. The minimum absolute atomic E-state index is 0.205. The molecule has 1 fully saturated rings. The Morgan fingerprint density at radius 3 is 2.05 bits per heavy atom. The van der Waals surface area contributed by atoms with Gasteiger partial charge in [-0.15, -0.1) is 0 Å². The Labute approximate surface area is 215 Å². The summed E-state index contributed by atoms with van der Waals surface area (Å²) in [6, 6.07) is 13.4. The number of benzene rings is 2. The van der Waals surface area contributed by atoms with Crippen LogP contribution in [0.4, 0.5) is 0 Å². The summed E-state index contributed by atoms with van der Waals surface area (Å²) in [4.78, 5) is 56.2. The number of amides is 4. The number of carbonyl (C=O) groups is 4. The molecule has 37 heavy (non-hydrogen) atoms. The summed E-state index contributed by atoms with van der Waals surface area (Å²) in [5.74, 6) is -2.11. The Morgan fingerprint density at radius 1 is 0.703 bits per heavy atom. The van der Waals surface area contributed by atoms with Gasteiger partial charge in [-0.25, -0.2) is 0 Å². The van der Waals surface area contributed by atoms with Gasteiger partial charge < -0.3 is 26.3 Å². The Kier molecular flexibility index (Phi) is 7.91. The number of aromatic nitrogens is 1. The minimum Gasteiger partial charge on any atom is -0.361 e. The number of hydrogen-bond acceptors (Lipinski definition) is 4. The van der Waals surface area contributed by atoms with E-state index in [0.29, 0.717) is 0 Å². The lowest BCUT2D eigenvalue weighted by molar-refractivity contribution is -0.137. The van der Waals surface area contributed by atoms with Crippen molar-refractivity contribution in [1.29, 1.82) is 0 Å². The Hall–Kier alpha value is -4.14. The highest BCUT2D eigenvalue weighted by Gasteiger charge is 2.34. The maximum absolute atomic E-state index is 13.5. The highest BCUT2D eigenvalue weighted by atomic mass is 16.2. The van der Waals surface area contributed by atoms with E-state index in [4.69, 9.17) is 0 Å². The van der Waals surface area contributed by atoms with Gasteiger partial charge in [-0.05, 0) is 30.0 Å². The molecule has 1 aliphatic rings. The third kappa shape index (κ3) is 6.17. The molecule has 5 N–H and O–H groups in total. The number of para-hydroxylation sites is 1. The highest BCUT2D eigenvalue weighted by molar-refractivity contribution is 5.98. The van der Waals surface area contributed by atoms with Crippen LogP contribution in [0, 0.1) is 5.92 Å². The average Bonchev–Trinajstić information content (AvgIpc) is 3.28. The van der Waals surface area contributed by atoms with Crippen molar-refractivity contribution in [2.24, 2.45) is 5.92 Å². The molecule has 3 aromatic rings. The van der Waals surface area contributed by atoms with Crippen molar-refractivity contribution >= 4 is 34.5 Å². The van der Waals surface area contributed by atoms with E-state index in [2.05, 4.69) is 26.3 Å². The molecule has 1 saturated heterocycles. The van der Waals surface area contributed by atoms with Crippen molar-refractivity contribution in [2.75, 3.05) is 0 Å². The third-order valence-electron chi connectivity index (χ3n) is 6.65. The Balaban J connectivity index is 1.67. The Bertz CT molecular complexity index is 1290. The molecule has 4 rings (SSSR count). The molecular weight excluding hydrogens is 470 g/mol. The van der Waals surface area contributed by atoms with Gasteiger partial charge in [-0.1, -0.05) is 62.4 Å². The molecule has 2 heterocycles. The van der Waals surface area contributed by atoms with E-state index < -0.39 is 47.8 Å². The fraction of sp³-hybridized carbons (Fsp3) is 0.357. The topological polar surface area (TPSA) is 132 Å². The third-order valence-corrected chi connectivity index (χ3v) is 6.65. The number of fused-ring (bicyclic) bond motifs is 1. The van der Waals surface area contributed by atoms with E-state index in [1.54, 1.807) is 6.92 Å². The first-order valence-electron chi connectivity index (χ1n) is 12.5. The SMILES string of the molecule is CC(C)[C@@H]1NC(=O)[C@H](C)NC(=O)[C@H](Cc2c[nH]c3ccccc23)NC(=O)[C@H](Cc2ccccc2)NC1=O. The van der Waals surface area contributed by atoms with Gasteiger partial charge in [0.2, 0.25) is 23.6 Å². The minimum atomic E-state index is -0.961. The van der Waals surface area contributed by atoms with E-state index in [0.717, 1.165) is 22.0 Å². The molecule has 194 valence electrons. The van der Waals surface area contributed by atoms with Gasteiger partial charge in [0.15, 0.2) is 0 Å². The molecule has 9 nitrogen and oxygen atoms in total. The van der Waals surface area contributed by atoms with Gasteiger partial charge in [0.1, 0.15) is 24.2 Å². The number of carbonyl (C=O) groups excluding carboxylic acids is 4. The number of rotatable bonds is 5. The van der Waals surface area contributed by atoms with Crippen LogP contribution in [0.5, 0.6) is 0 Å². The summed E-state index contributed by atoms with van der Waals surface area (Å²) in [5.41, 5.74) is 2.62. The van der Waals surface area contributed by atoms with Gasteiger partial charge in [-0.3, -0.25) is 19.2 Å². The monoisotopic (exact) mass is 503 g/mol. The first-order valence-corrected chi connectivity index (χ1v) is 12.5. The van der Waals surface area contributed by atoms with Crippen LogP contribution < -0.4 is 21.3 Å². The Morgan fingerprint density at radius 2 is 1.32 bits per heavy atom. The predicted octanol–water partition coefficient (Wildman–Crippen LogP) is 1.58. The quantitative estimate of drug-likeness (QED) is 0.362. The number of hydrogen-bond donors (Lipinski definition) is 5. The lowest BCUT2D eigenvalue weighted by Gasteiger charge is -2.29. The second-order valence-electron chi connectivity index (χ2n) is 9.84. The summed E-state index contributed by atoms with van der Waals surface area (Å²) in [6.45, 7) is 5.17. The highest BCUT2D eigenvalue weighted by Crippen LogP contribution is 2.19. The van der Waals surface area contributed by atoms with Crippen LogP contribution in [0.25, 0.3) is 10.9 Å². The molecule has 0 radical (unpaired) electrons. The maximum atomic E-state index is 13.5. The van der Waals surface area contributed by atoms with E-state index >= 15 is 0 Å². The first-order chi connectivity index (χ1) is 17.7. The largest absolute Gasteiger partial charge is 0.361 e. The van der Waals surface area contributed by atoms with Crippen LogP contribution >= 0.6 is 0 Å². The van der Waals surface area contributed by atoms with E-state index in [1.807, 2.05) is 74.6 Å². The molecular formula is C28H33N5O4. The predicted molar refractivity (Wildman–Crippen MR) is 140 cm³/mol. The molecule has 0 bridgehead atoms. The molecule has 2 aromatic carbocycles. The second-order valence-corrected chi connectivity index (χ2v) is 9.84. The molecule has 0 unspecified atom stereocenters. The van der Waals surface area contributed by atoms with Gasteiger partial charge in [0.25, 0.3) is 0 Å². The zero-order valence-electron chi connectivity index (χ0n) is 21.2. The van der Waals surface area contributed by atoms with Crippen molar-refractivity contribution in [1.82, 2.24) is 26.3 Å². The van der Waals surface area contributed by atoms with Crippen molar-refractivity contribution in [3.63, 3.8) is 0 Å². The summed E-state index contributed by atoms with van der Waals surface area (Å²) in [5, 5.41) is 12.1. The summed E-state index contributed by atoms with van der Waals surface area (Å²) in [6.07, 6.45) is 2.25. The van der Waals surface area contributed by atoms with Crippen molar-refractivity contribution < 1.29 is 19.2 Å². The van der Waals surface area contributed by atoms with E-state index in [1.165, 1.54) is 0 Å². The van der Waals surface area contributed by atoms with Crippen LogP contribution in [0.2, 0.25) is 0 Å². The smallest absolute Gasteiger partial charge is 0.243 e. The second kappa shape index (κ2) is 11.3. The number of nitrogens with one attached hydrogen (secondary N) is 5. The van der Waals surface area contributed by atoms with Crippen LogP contribution in [0.3, 0.4) is 0 Å². The van der Waals surface area contributed by atoms with Gasteiger partial charge in [-0.2, -0.15) is 0 Å². The fourth-order valence-electron chi connectivity index (χ4n) is 4.52. The lowest BCUT2D eigenvalue weighted by atomic mass is 9.99. The molecule has 1 aliphatic heterocycles. The number of H-pyrrole nitrogens is 1. The van der Waals surface area contributed by atoms with Crippen LogP contribution in [-0.2, 0) is 32.0 Å². The van der Waals surface area contributed by atoms with Gasteiger partial charge in [0.05, 0.1) is 0 Å². The molecule has 0 saturated carbocycles. The first kappa shape index (κ1) is 25.9.